The maximum Gasteiger partial charge on any atom is 0.190 e. The van der Waals surface area contributed by atoms with Crippen LogP contribution < -0.4 is 10.6 Å². The van der Waals surface area contributed by atoms with E-state index in [1.165, 1.54) is 0 Å². The van der Waals surface area contributed by atoms with Gasteiger partial charge >= 0.3 is 0 Å². The van der Waals surface area contributed by atoms with Crippen LogP contribution in [0, 0.1) is 5.92 Å². The summed E-state index contributed by atoms with van der Waals surface area (Å²) in [5, 5.41) is 16.6. The molecule has 0 atom stereocenters. The Bertz CT molecular complexity index is 594. The zero-order valence-electron chi connectivity index (χ0n) is 20.2. The first kappa shape index (κ1) is 29.5. The molecule has 176 valence electrons. The summed E-state index contributed by atoms with van der Waals surface area (Å²) in [7, 11) is 1.83. The number of nitrogens with one attached hydrogen (secondary N) is 2. The minimum atomic E-state index is 0. The molecule has 0 aliphatic rings. The minimum absolute atomic E-state index is 0. The number of aryl methyl sites for hydroxylation is 1. The highest BCUT2D eigenvalue weighted by Crippen LogP contribution is 2.16. The molecule has 30 heavy (non-hydrogen) atoms. The Labute approximate surface area is 205 Å². The summed E-state index contributed by atoms with van der Waals surface area (Å²) < 4.78 is 2.26. The van der Waals surface area contributed by atoms with E-state index < -0.39 is 0 Å². The van der Waals surface area contributed by atoms with Crippen LogP contribution in [0.2, 0.25) is 0 Å². The summed E-state index contributed by atoms with van der Waals surface area (Å²) in [5.41, 5.74) is 0. The van der Waals surface area contributed by atoms with Crippen LogP contribution in [0.4, 0.5) is 0 Å². The number of thioether (sulfide) groups is 1. The standard InChI is InChI=1S/C21H43N7S.HI/c1-16(2)15-28-19(25-26-21(28)29-8)11-9-12-23-20(22-7)24-13-10-14-27(17(3)4)18(5)6;/h16-18H,9-15H2,1-8H3,(H2,22,23,24);1H. The van der Waals surface area contributed by atoms with E-state index in [1.54, 1.807) is 11.8 Å². The van der Waals surface area contributed by atoms with Crippen LogP contribution >= 0.6 is 35.7 Å². The van der Waals surface area contributed by atoms with E-state index in [0.717, 1.165) is 62.4 Å². The molecule has 1 heterocycles. The number of halogens is 1. The lowest BCUT2D eigenvalue weighted by Crippen LogP contribution is -2.41. The largest absolute Gasteiger partial charge is 0.356 e. The SMILES string of the molecule is CN=C(NCCCc1nnc(SC)n1CC(C)C)NCCCN(C(C)C)C(C)C.I. The Morgan fingerprint density at radius 3 is 2.13 bits per heavy atom. The Morgan fingerprint density at radius 2 is 1.63 bits per heavy atom. The van der Waals surface area contributed by atoms with Crippen molar-refractivity contribution in [3.63, 3.8) is 0 Å². The van der Waals surface area contributed by atoms with Crippen molar-refractivity contribution < 1.29 is 0 Å². The molecule has 2 N–H and O–H groups in total. The molecule has 9 heteroatoms. The summed E-state index contributed by atoms with van der Waals surface area (Å²) in [5.74, 6) is 2.54. The van der Waals surface area contributed by atoms with Gasteiger partial charge in [-0.25, -0.2) is 0 Å². The maximum atomic E-state index is 4.40. The predicted molar refractivity (Wildman–Crippen MR) is 141 cm³/mol. The number of nitrogens with zero attached hydrogens (tertiary/aromatic N) is 5. The molecule has 0 aliphatic heterocycles. The van der Waals surface area contributed by atoms with Crippen molar-refractivity contribution in [2.75, 3.05) is 32.9 Å². The van der Waals surface area contributed by atoms with Gasteiger partial charge in [0.1, 0.15) is 5.82 Å². The highest BCUT2D eigenvalue weighted by atomic mass is 127. The Morgan fingerprint density at radius 1 is 1.03 bits per heavy atom. The third-order valence-corrected chi connectivity index (χ3v) is 5.50. The molecule has 1 rings (SSSR count). The van der Waals surface area contributed by atoms with E-state index in [0.29, 0.717) is 18.0 Å². The Hall–Kier alpha value is -0.550. The van der Waals surface area contributed by atoms with Crippen LogP contribution in [-0.4, -0.2) is 70.6 Å². The zero-order valence-corrected chi connectivity index (χ0v) is 23.4. The molecular weight excluding hydrogens is 509 g/mol. The van der Waals surface area contributed by atoms with Gasteiger partial charge in [0.2, 0.25) is 0 Å². The van der Waals surface area contributed by atoms with Crippen molar-refractivity contribution in [3.05, 3.63) is 5.82 Å². The van der Waals surface area contributed by atoms with Gasteiger partial charge in [0.15, 0.2) is 11.1 Å². The van der Waals surface area contributed by atoms with E-state index in [4.69, 9.17) is 0 Å². The number of aromatic nitrogens is 3. The van der Waals surface area contributed by atoms with Gasteiger partial charge < -0.3 is 15.2 Å². The molecule has 0 aliphatic carbocycles. The lowest BCUT2D eigenvalue weighted by Gasteiger charge is -2.30. The first-order valence-corrected chi connectivity index (χ1v) is 12.2. The number of rotatable bonds is 13. The van der Waals surface area contributed by atoms with Crippen LogP contribution in [0.1, 0.15) is 60.2 Å². The lowest BCUT2D eigenvalue weighted by molar-refractivity contribution is 0.173. The van der Waals surface area contributed by atoms with Gasteiger partial charge in [-0.15, -0.1) is 34.2 Å². The monoisotopic (exact) mass is 553 g/mol. The molecule has 1 aromatic heterocycles. The fourth-order valence-corrected chi connectivity index (χ4v) is 3.98. The van der Waals surface area contributed by atoms with E-state index >= 15 is 0 Å². The third-order valence-electron chi connectivity index (χ3n) is 4.83. The van der Waals surface area contributed by atoms with Crippen LogP contribution in [0.5, 0.6) is 0 Å². The molecule has 0 radical (unpaired) electrons. The molecule has 0 aromatic carbocycles. The second-order valence-electron chi connectivity index (χ2n) is 8.42. The van der Waals surface area contributed by atoms with Crippen LogP contribution in [0.25, 0.3) is 0 Å². The fourth-order valence-electron chi connectivity index (χ4n) is 3.46. The van der Waals surface area contributed by atoms with Gasteiger partial charge in [-0.1, -0.05) is 25.6 Å². The van der Waals surface area contributed by atoms with Gasteiger partial charge in [0, 0.05) is 51.7 Å². The number of hydrogen-bond acceptors (Lipinski definition) is 5. The highest BCUT2D eigenvalue weighted by Gasteiger charge is 2.13. The number of guanidine groups is 1. The number of aliphatic imine (C=N–C) groups is 1. The van der Waals surface area contributed by atoms with Crippen molar-refractivity contribution in [2.24, 2.45) is 10.9 Å². The Kier molecular flexibility index (Phi) is 15.8. The van der Waals surface area contributed by atoms with Gasteiger partial charge in [0.25, 0.3) is 0 Å². The molecule has 7 nitrogen and oxygen atoms in total. The molecule has 0 saturated carbocycles. The van der Waals surface area contributed by atoms with E-state index in [9.17, 15) is 0 Å². The second kappa shape index (κ2) is 16.1. The van der Waals surface area contributed by atoms with Crippen molar-refractivity contribution in [3.8, 4) is 0 Å². The van der Waals surface area contributed by atoms with Crippen LogP contribution in [0.3, 0.4) is 0 Å². The van der Waals surface area contributed by atoms with Crippen LogP contribution in [-0.2, 0) is 13.0 Å². The van der Waals surface area contributed by atoms with Crippen molar-refractivity contribution in [1.29, 1.82) is 0 Å². The Balaban J connectivity index is 0.00000841. The molecular formula is C21H44IN7S. The molecule has 1 aromatic rings. The predicted octanol–water partition coefficient (Wildman–Crippen LogP) is 3.88. The molecule has 0 saturated heterocycles. The molecule has 0 spiro atoms. The van der Waals surface area contributed by atoms with E-state index in [-0.39, 0.29) is 24.0 Å². The van der Waals surface area contributed by atoms with E-state index in [1.807, 2.05) is 7.05 Å². The van der Waals surface area contributed by atoms with Gasteiger partial charge in [-0.2, -0.15) is 0 Å². The summed E-state index contributed by atoms with van der Waals surface area (Å²) in [6.45, 7) is 17.4. The summed E-state index contributed by atoms with van der Waals surface area (Å²) >= 11 is 1.66. The average molecular weight is 554 g/mol. The highest BCUT2D eigenvalue weighted by molar-refractivity contribution is 14.0. The molecule has 0 fully saturated rings. The van der Waals surface area contributed by atoms with Gasteiger partial charge in [0.05, 0.1) is 0 Å². The average Bonchev–Trinajstić information content (AvgIpc) is 3.03. The second-order valence-corrected chi connectivity index (χ2v) is 9.19. The molecule has 0 unspecified atom stereocenters. The van der Waals surface area contributed by atoms with Crippen molar-refractivity contribution in [1.82, 2.24) is 30.3 Å². The van der Waals surface area contributed by atoms with E-state index in [2.05, 4.69) is 83.1 Å². The van der Waals surface area contributed by atoms with Crippen molar-refractivity contribution >= 4 is 41.7 Å². The smallest absolute Gasteiger partial charge is 0.190 e. The topological polar surface area (TPSA) is 70.4 Å². The summed E-state index contributed by atoms with van der Waals surface area (Å²) in [4.78, 5) is 6.86. The van der Waals surface area contributed by atoms with Crippen LogP contribution in [0.15, 0.2) is 10.1 Å². The maximum absolute atomic E-state index is 4.40. The molecule has 0 bridgehead atoms. The van der Waals surface area contributed by atoms with Crippen molar-refractivity contribution in [2.45, 2.75) is 84.6 Å². The first-order valence-electron chi connectivity index (χ1n) is 11.0. The quantitative estimate of drug-likeness (QED) is 0.127. The molecule has 0 amide bonds. The third kappa shape index (κ3) is 10.7. The van der Waals surface area contributed by atoms with Gasteiger partial charge in [-0.05, 0) is 52.7 Å². The number of hydrogen-bond donors (Lipinski definition) is 2. The normalized spacial score (nSPS) is 12.2. The summed E-state index contributed by atoms with van der Waals surface area (Å²) in [6, 6.07) is 1.16. The summed E-state index contributed by atoms with van der Waals surface area (Å²) in [6.07, 6.45) is 5.08. The minimum Gasteiger partial charge on any atom is -0.356 e. The fraction of sp³-hybridized carbons (Fsp3) is 0.857. The lowest BCUT2D eigenvalue weighted by atomic mass is 10.2. The first-order chi connectivity index (χ1) is 13.8. The van der Waals surface area contributed by atoms with Gasteiger partial charge in [-0.3, -0.25) is 9.89 Å². The zero-order chi connectivity index (χ0) is 21.8.